The average Bonchev–Trinajstić information content (AvgIpc) is 2.51. The van der Waals surface area contributed by atoms with Crippen LogP contribution in [0.5, 0.6) is 0 Å². The van der Waals surface area contributed by atoms with Crippen molar-refractivity contribution in [2.75, 3.05) is 7.11 Å². The highest BCUT2D eigenvalue weighted by molar-refractivity contribution is 6.47. The second-order valence-electron chi connectivity index (χ2n) is 4.74. The number of nitrogens with zero attached hydrogens (tertiary/aromatic N) is 2. The summed E-state index contributed by atoms with van der Waals surface area (Å²) in [5, 5.41) is 8.77. The third-order valence-corrected chi connectivity index (χ3v) is 3.81. The zero-order chi connectivity index (χ0) is 18.4. The molecule has 0 spiro atoms. The topological polar surface area (TPSA) is 88.8 Å². The summed E-state index contributed by atoms with van der Waals surface area (Å²) in [6.45, 7) is 3.33. The van der Waals surface area contributed by atoms with Crippen LogP contribution in [0.2, 0.25) is 15.1 Å². The van der Waals surface area contributed by atoms with Crippen molar-refractivity contribution >= 4 is 58.6 Å². The number of benzene rings is 1. The highest BCUT2D eigenvalue weighted by atomic mass is 35.5. The Bertz CT molecular complexity index is 726. The lowest BCUT2D eigenvalue weighted by Gasteiger charge is -2.13. The minimum atomic E-state index is -1.23. The Morgan fingerprint density at radius 2 is 1.92 bits per heavy atom. The van der Waals surface area contributed by atoms with E-state index in [9.17, 15) is 9.59 Å². The molecule has 0 aliphatic carbocycles. The fourth-order valence-electron chi connectivity index (χ4n) is 1.57. The summed E-state index contributed by atoms with van der Waals surface area (Å²) in [5.41, 5.74) is -0.0795. The Morgan fingerprint density at radius 3 is 2.42 bits per heavy atom. The average molecular weight is 392 g/mol. The van der Waals surface area contributed by atoms with E-state index in [2.05, 4.69) is 9.73 Å². The van der Waals surface area contributed by atoms with Crippen LogP contribution in [-0.4, -0.2) is 31.4 Å². The number of rotatable bonds is 5. The molecule has 1 aromatic rings. The van der Waals surface area contributed by atoms with Crippen LogP contribution in [0.3, 0.4) is 0 Å². The van der Waals surface area contributed by atoms with Gasteiger partial charge in [0.2, 0.25) is 0 Å². The van der Waals surface area contributed by atoms with E-state index in [4.69, 9.17) is 44.8 Å². The smallest absolute Gasteiger partial charge is 0.341 e. The van der Waals surface area contributed by atoms with E-state index in [1.54, 1.807) is 19.9 Å². The maximum absolute atomic E-state index is 12.1. The minimum absolute atomic E-state index is 0.0236. The first-order valence-electron chi connectivity index (χ1n) is 6.63. The number of esters is 2. The van der Waals surface area contributed by atoms with E-state index in [1.807, 2.05) is 0 Å². The molecule has 1 rings (SSSR count). The lowest BCUT2D eigenvalue weighted by molar-refractivity contribution is -0.141. The molecule has 0 aromatic heterocycles. The Morgan fingerprint density at radius 1 is 1.29 bits per heavy atom. The van der Waals surface area contributed by atoms with Crippen LogP contribution in [0.1, 0.15) is 24.2 Å². The monoisotopic (exact) mass is 390 g/mol. The molecule has 128 valence electrons. The summed E-state index contributed by atoms with van der Waals surface area (Å²) in [4.78, 5) is 27.4. The molecule has 0 bridgehead atoms. The lowest BCUT2D eigenvalue weighted by atomic mass is 10.1. The molecule has 1 atom stereocenters. The largest absolute Gasteiger partial charge is 0.468 e. The van der Waals surface area contributed by atoms with Gasteiger partial charge in [-0.1, -0.05) is 34.8 Å². The van der Waals surface area contributed by atoms with E-state index in [0.29, 0.717) is 0 Å². The first kappa shape index (κ1) is 20.2. The number of halogens is 3. The van der Waals surface area contributed by atoms with Crippen LogP contribution in [0.15, 0.2) is 11.1 Å². The van der Waals surface area contributed by atoms with E-state index in [-0.39, 0.29) is 26.3 Å². The maximum atomic E-state index is 12.1. The van der Waals surface area contributed by atoms with Crippen molar-refractivity contribution in [3.05, 3.63) is 26.7 Å². The van der Waals surface area contributed by atoms with Gasteiger partial charge in [-0.25, -0.2) is 4.79 Å². The van der Waals surface area contributed by atoms with E-state index >= 15 is 0 Å². The van der Waals surface area contributed by atoms with Gasteiger partial charge in [0.25, 0.3) is 0 Å². The molecule has 0 aliphatic rings. The number of nitriles is 1. The normalized spacial score (nSPS) is 12.1. The van der Waals surface area contributed by atoms with Gasteiger partial charge in [0.05, 0.1) is 40.0 Å². The predicted octanol–water partition coefficient (Wildman–Crippen LogP) is 4.23. The number of carbonyl (C=O) groups excluding carboxylic acids is 2. The summed E-state index contributed by atoms with van der Waals surface area (Å²) in [5.74, 6) is -2.77. The zero-order valence-electron chi connectivity index (χ0n) is 13.0. The third kappa shape index (κ3) is 4.84. The summed E-state index contributed by atoms with van der Waals surface area (Å²) in [7, 11) is 1.15. The summed E-state index contributed by atoms with van der Waals surface area (Å²) in [6, 6.07) is 3.02. The number of hydrogen-bond acceptors (Lipinski definition) is 6. The molecule has 0 saturated heterocycles. The molecule has 0 amide bonds. The van der Waals surface area contributed by atoms with Gasteiger partial charge in [0.1, 0.15) is 5.56 Å². The molecule has 0 heterocycles. The first-order valence-corrected chi connectivity index (χ1v) is 7.76. The number of hydrogen-bond donors (Lipinski definition) is 0. The van der Waals surface area contributed by atoms with E-state index in [1.165, 1.54) is 6.07 Å². The number of ether oxygens (including phenoxy) is 2. The molecular weight excluding hydrogens is 379 g/mol. The van der Waals surface area contributed by atoms with Crippen molar-refractivity contribution in [3.8, 4) is 6.07 Å². The third-order valence-electron chi connectivity index (χ3n) is 2.64. The quantitative estimate of drug-likeness (QED) is 0.426. The lowest BCUT2D eigenvalue weighted by Crippen LogP contribution is -2.15. The van der Waals surface area contributed by atoms with Gasteiger partial charge in [-0.05, 0) is 19.9 Å². The van der Waals surface area contributed by atoms with Gasteiger partial charge < -0.3 is 9.47 Å². The van der Waals surface area contributed by atoms with Gasteiger partial charge in [0.15, 0.2) is 5.92 Å². The molecule has 9 heteroatoms. The SMILES string of the molecule is COC(=O)C(C#N)C=Nc1cc(Cl)c(Cl)c(C(=O)OC(C)C)c1Cl. The Labute approximate surface area is 153 Å². The molecule has 0 N–H and O–H groups in total. The predicted molar refractivity (Wildman–Crippen MR) is 91.3 cm³/mol. The Balaban J connectivity index is 3.32. The Kier molecular flexibility index (Phi) is 7.49. The van der Waals surface area contributed by atoms with Crippen LogP contribution < -0.4 is 0 Å². The first-order chi connectivity index (χ1) is 11.2. The van der Waals surface area contributed by atoms with Crippen LogP contribution >= 0.6 is 34.8 Å². The number of aliphatic imine (C=N–C) groups is 1. The molecule has 0 fully saturated rings. The Hall–Kier alpha value is -1.81. The van der Waals surface area contributed by atoms with Gasteiger partial charge in [0, 0.05) is 6.21 Å². The highest BCUT2D eigenvalue weighted by Gasteiger charge is 2.23. The molecule has 24 heavy (non-hydrogen) atoms. The van der Waals surface area contributed by atoms with Crippen molar-refractivity contribution in [3.63, 3.8) is 0 Å². The number of carbonyl (C=O) groups is 2. The van der Waals surface area contributed by atoms with Crippen molar-refractivity contribution in [2.24, 2.45) is 10.9 Å². The van der Waals surface area contributed by atoms with Crippen LogP contribution in [0, 0.1) is 17.2 Å². The zero-order valence-corrected chi connectivity index (χ0v) is 15.2. The van der Waals surface area contributed by atoms with Gasteiger partial charge >= 0.3 is 11.9 Å². The molecule has 1 aromatic carbocycles. The second kappa shape index (κ2) is 8.88. The van der Waals surface area contributed by atoms with Crippen molar-refractivity contribution in [1.29, 1.82) is 5.26 Å². The molecule has 1 unspecified atom stereocenters. The fraction of sp³-hybridized carbons (Fsp3) is 0.333. The maximum Gasteiger partial charge on any atom is 0.341 e. The van der Waals surface area contributed by atoms with E-state index in [0.717, 1.165) is 13.3 Å². The van der Waals surface area contributed by atoms with Gasteiger partial charge in [-0.3, -0.25) is 9.79 Å². The molecule has 0 aliphatic heterocycles. The minimum Gasteiger partial charge on any atom is -0.468 e. The fourth-order valence-corrected chi connectivity index (χ4v) is 2.31. The summed E-state index contributed by atoms with van der Waals surface area (Å²) in [6.07, 6.45) is 0.646. The van der Waals surface area contributed by atoms with Crippen LogP contribution in [0.25, 0.3) is 0 Å². The van der Waals surface area contributed by atoms with Crippen LogP contribution in [0.4, 0.5) is 5.69 Å². The van der Waals surface area contributed by atoms with Crippen molar-refractivity contribution in [2.45, 2.75) is 20.0 Å². The van der Waals surface area contributed by atoms with Crippen LogP contribution in [-0.2, 0) is 14.3 Å². The molecule has 6 nitrogen and oxygen atoms in total. The van der Waals surface area contributed by atoms with E-state index < -0.39 is 24.0 Å². The second-order valence-corrected chi connectivity index (χ2v) is 5.91. The van der Waals surface area contributed by atoms with Gasteiger partial charge in [-0.2, -0.15) is 5.26 Å². The van der Waals surface area contributed by atoms with Crippen molar-refractivity contribution < 1.29 is 19.1 Å². The molecule has 0 saturated carbocycles. The standard InChI is InChI=1S/C15H13Cl3N2O4/c1-7(2)24-15(22)11-12(17)9(16)4-10(13(11)18)20-6-8(5-19)14(21)23-3/h4,6-8H,1-3H3. The molecule has 0 radical (unpaired) electrons. The number of methoxy groups -OCH3 is 1. The highest BCUT2D eigenvalue weighted by Crippen LogP contribution is 2.39. The van der Waals surface area contributed by atoms with Gasteiger partial charge in [-0.15, -0.1) is 0 Å². The summed E-state index contributed by atoms with van der Waals surface area (Å²) < 4.78 is 9.53. The summed E-state index contributed by atoms with van der Waals surface area (Å²) >= 11 is 18.1. The van der Waals surface area contributed by atoms with Crippen molar-refractivity contribution in [1.82, 2.24) is 0 Å². The molecular formula is C15H13Cl3N2O4.